The molecule has 110 valence electrons. The normalized spacial score (nSPS) is 39.6. The van der Waals surface area contributed by atoms with Crippen LogP contribution in [0.5, 0.6) is 0 Å². The summed E-state index contributed by atoms with van der Waals surface area (Å²) < 4.78 is 0. The zero-order valence-corrected chi connectivity index (χ0v) is 12.7. The van der Waals surface area contributed by atoms with Gasteiger partial charge >= 0.3 is 0 Å². The number of carbonyl (C=O) groups excluding carboxylic acids is 1. The van der Waals surface area contributed by atoms with Gasteiger partial charge in [-0.25, -0.2) is 0 Å². The number of nitrogens with zero attached hydrogens (tertiary/aromatic N) is 1. The average molecular weight is 274 g/mol. The first kappa shape index (κ1) is 13.9. The minimum Gasteiger partial charge on any atom is -0.340 e. The van der Waals surface area contributed by atoms with Crippen molar-refractivity contribution >= 4 is 5.91 Å². The fourth-order valence-corrected chi connectivity index (χ4v) is 5.44. The SMILES string of the molecule is CC(C)CC(=O)NC(C#N)C12CC3CC(CC(C3)C1)C2. The molecule has 0 aliphatic heterocycles. The molecule has 0 aromatic rings. The highest BCUT2D eigenvalue weighted by Gasteiger charge is 2.54. The highest BCUT2D eigenvalue weighted by atomic mass is 16.1. The standard InChI is InChI=1S/C17H26N2O/c1-11(2)3-16(20)19-15(10-18)17-7-12-4-13(8-17)6-14(5-12)9-17/h11-15H,3-9H2,1-2H3,(H,19,20). The van der Waals surface area contributed by atoms with Gasteiger partial charge in [0, 0.05) is 11.8 Å². The number of hydrogen-bond acceptors (Lipinski definition) is 2. The summed E-state index contributed by atoms with van der Waals surface area (Å²) in [6.07, 6.45) is 8.15. The van der Waals surface area contributed by atoms with Crippen molar-refractivity contribution in [2.24, 2.45) is 29.1 Å². The molecule has 4 bridgehead atoms. The van der Waals surface area contributed by atoms with Gasteiger partial charge in [0.1, 0.15) is 6.04 Å². The van der Waals surface area contributed by atoms with Gasteiger partial charge in [-0.05, 0) is 62.2 Å². The molecule has 4 fully saturated rings. The second-order valence-electron chi connectivity index (χ2n) is 8.01. The van der Waals surface area contributed by atoms with E-state index in [2.05, 4.69) is 11.4 Å². The lowest BCUT2D eigenvalue weighted by molar-refractivity contribution is -0.125. The first-order chi connectivity index (χ1) is 9.50. The predicted molar refractivity (Wildman–Crippen MR) is 77.6 cm³/mol. The van der Waals surface area contributed by atoms with E-state index in [1.165, 1.54) is 38.5 Å². The van der Waals surface area contributed by atoms with E-state index in [0.717, 1.165) is 17.8 Å². The molecule has 1 N–H and O–H groups in total. The van der Waals surface area contributed by atoms with Crippen LogP contribution < -0.4 is 5.32 Å². The highest BCUT2D eigenvalue weighted by Crippen LogP contribution is 2.61. The maximum atomic E-state index is 12.1. The molecule has 0 aromatic heterocycles. The van der Waals surface area contributed by atoms with E-state index in [-0.39, 0.29) is 17.4 Å². The molecule has 3 nitrogen and oxygen atoms in total. The largest absolute Gasteiger partial charge is 0.340 e. The number of nitrogens with one attached hydrogen (secondary N) is 1. The van der Waals surface area contributed by atoms with Crippen molar-refractivity contribution in [1.29, 1.82) is 5.26 Å². The molecule has 3 heteroatoms. The van der Waals surface area contributed by atoms with Gasteiger partial charge in [0.2, 0.25) is 5.91 Å². The summed E-state index contributed by atoms with van der Waals surface area (Å²) >= 11 is 0. The second-order valence-corrected chi connectivity index (χ2v) is 8.01. The van der Waals surface area contributed by atoms with E-state index < -0.39 is 0 Å². The van der Waals surface area contributed by atoms with E-state index in [9.17, 15) is 10.1 Å². The van der Waals surface area contributed by atoms with Gasteiger partial charge < -0.3 is 5.32 Å². The van der Waals surface area contributed by atoms with Crippen molar-refractivity contribution in [2.45, 2.75) is 64.8 Å². The van der Waals surface area contributed by atoms with Crippen LogP contribution in [0.15, 0.2) is 0 Å². The Kier molecular flexibility index (Phi) is 3.52. The van der Waals surface area contributed by atoms with E-state index >= 15 is 0 Å². The third-order valence-corrected chi connectivity index (χ3v) is 5.73. The number of nitriles is 1. The lowest BCUT2D eigenvalue weighted by atomic mass is 9.48. The Labute approximate surface area is 122 Å². The summed E-state index contributed by atoms with van der Waals surface area (Å²) in [4.78, 5) is 12.1. The summed E-state index contributed by atoms with van der Waals surface area (Å²) in [7, 11) is 0. The number of amides is 1. The predicted octanol–water partition coefficient (Wildman–Crippen LogP) is 3.26. The molecule has 4 rings (SSSR count). The van der Waals surface area contributed by atoms with Crippen molar-refractivity contribution in [3.63, 3.8) is 0 Å². The third-order valence-electron chi connectivity index (χ3n) is 5.73. The summed E-state index contributed by atoms with van der Waals surface area (Å²) in [5, 5.41) is 12.7. The highest BCUT2D eigenvalue weighted by molar-refractivity contribution is 5.76. The molecule has 4 saturated carbocycles. The van der Waals surface area contributed by atoms with Gasteiger partial charge in [-0.3, -0.25) is 4.79 Å². The van der Waals surface area contributed by atoms with Crippen molar-refractivity contribution < 1.29 is 4.79 Å². The Bertz CT molecular complexity index is 399. The van der Waals surface area contributed by atoms with Gasteiger partial charge in [0.25, 0.3) is 0 Å². The third kappa shape index (κ3) is 2.45. The summed E-state index contributed by atoms with van der Waals surface area (Å²) in [6.45, 7) is 4.09. The van der Waals surface area contributed by atoms with Crippen LogP contribution in [0.3, 0.4) is 0 Å². The van der Waals surface area contributed by atoms with Crippen LogP contribution in [0.4, 0.5) is 0 Å². The monoisotopic (exact) mass is 274 g/mol. The van der Waals surface area contributed by atoms with Crippen LogP contribution in [0.1, 0.15) is 58.8 Å². The zero-order chi connectivity index (χ0) is 14.3. The molecule has 0 saturated heterocycles. The van der Waals surface area contributed by atoms with Crippen LogP contribution in [0, 0.1) is 40.4 Å². The van der Waals surface area contributed by atoms with Crippen LogP contribution in [0.25, 0.3) is 0 Å². The van der Waals surface area contributed by atoms with Crippen LogP contribution in [-0.2, 0) is 4.79 Å². The molecule has 0 spiro atoms. The Balaban J connectivity index is 1.73. The van der Waals surface area contributed by atoms with Crippen molar-refractivity contribution in [3.05, 3.63) is 0 Å². The lowest BCUT2D eigenvalue weighted by Crippen LogP contribution is -2.56. The Morgan fingerprint density at radius 3 is 2.10 bits per heavy atom. The molecule has 0 radical (unpaired) electrons. The van der Waals surface area contributed by atoms with Gasteiger partial charge in [-0.15, -0.1) is 0 Å². The Morgan fingerprint density at radius 1 is 1.20 bits per heavy atom. The summed E-state index contributed by atoms with van der Waals surface area (Å²) in [6, 6.07) is 2.17. The van der Waals surface area contributed by atoms with Gasteiger partial charge in [0.05, 0.1) is 6.07 Å². The number of carbonyl (C=O) groups is 1. The van der Waals surface area contributed by atoms with Crippen molar-refractivity contribution in [2.75, 3.05) is 0 Å². The molecule has 0 aromatic carbocycles. The lowest BCUT2D eigenvalue weighted by Gasteiger charge is -2.58. The first-order valence-electron chi connectivity index (χ1n) is 8.20. The van der Waals surface area contributed by atoms with Crippen LogP contribution in [-0.4, -0.2) is 11.9 Å². The molecule has 1 unspecified atom stereocenters. The van der Waals surface area contributed by atoms with Gasteiger partial charge in [0.15, 0.2) is 0 Å². The first-order valence-corrected chi connectivity index (χ1v) is 8.20. The Hall–Kier alpha value is -1.04. The fraction of sp³-hybridized carbons (Fsp3) is 0.882. The second kappa shape index (κ2) is 5.06. The molecular weight excluding hydrogens is 248 g/mol. The molecule has 0 heterocycles. The van der Waals surface area contributed by atoms with Crippen LogP contribution in [0.2, 0.25) is 0 Å². The maximum absolute atomic E-state index is 12.1. The quantitative estimate of drug-likeness (QED) is 0.855. The van der Waals surface area contributed by atoms with Crippen molar-refractivity contribution in [1.82, 2.24) is 5.32 Å². The minimum atomic E-state index is -0.262. The molecule has 20 heavy (non-hydrogen) atoms. The number of hydrogen-bond donors (Lipinski definition) is 1. The Morgan fingerprint density at radius 2 is 1.70 bits per heavy atom. The van der Waals surface area contributed by atoms with Gasteiger partial charge in [-0.1, -0.05) is 13.8 Å². The molecular formula is C17H26N2O. The van der Waals surface area contributed by atoms with E-state index in [0.29, 0.717) is 12.3 Å². The fourth-order valence-electron chi connectivity index (χ4n) is 5.44. The molecule has 1 amide bonds. The van der Waals surface area contributed by atoms with E-state index in [1.807, 2.05) is 13.8 Å². The molecule has 1 atom stereocenters. The molecule has 4 aliphatic carbocycles. The summed E-state index contributed by atoms with van der Waals surface area (Å²) in [5.74, 6) is 2.87. The van der Waals surface area contributed by atoms with Crippen molar-refractivity contribution in [3.8, 4) is 6.07 Å². The average Bonchev–Trinajstić information content (AvgIpc) is 2.33. The topological polar surface area (TPSA) is 52.9 Å². The minimum absolute atomic E-state index is 0.0577. The van der Waals surface area contributed by atoms with Gasteiger partial charge in [-0.2, -0.15) is 5.26 Å². The summed E-state index contributed by atoms with van der Waals surface area (Å²) in [5.41, 5.74) is 0.0934. The zero-order valence-electron chi connectivity index (χ0n) is 12.7. The van der Waals surface area contributed by atoms with E-state index in [4.69, 9.17) is 0 Å². The number of rotatable bonds is 4. The smallest absolute Gasteiger partial charge is 0.221 e. The van der Waals surface area contributed by atoms with Crippen LogP contribution >= 0.6 is 0 Å². The maximum Gasteiger partial charge on any atom is 0.221 e. The molecule has 4 aliphatic rings. The van der Waals surface area contributed by atoms with E-state index in [1.54, 1.807) is 0 Å².